The maximum atomic E-state index is 12.2. The van der Waals surface area contributed by atoms with Gasteiger partial charge in [0.2, 0.25) is 10.0 Å². The molecule has 20 heavy (non-hydrogen) atoms. The molecule has 1 rings (SSSR count). The minimum atomic E-state index is -3.39. The van der Waals surface area contributed by atoms with Crippen LogP contribution < -0.4 is 10.5 Å². The molecular formula is C14H22N2O2S2. The minimum Gasteiger partial charge on any atom is -0.389 e. The van der Waals surface area contributed by atoms with Gasteiger partial charge in [-0.3, -0.25) is 0 Å². The second-order valence-electron chi connectivity index (χ2n) is 6.03. The van der Waals surface area contributed by atoms with Crippen LogP contribution in [-0.4, -0.2) is 19.4 Å². The van der Waals surface area contributed by atoms with E-state index in [2.05, 4.69) is 4.72 Å². The molecule has 0 saturated heterocycles. The Hall–Kier alpha value is -0.980. The van der Waals surface area contributed by atoms with E-state index in [0.717, 1.165) is 0 Å². The highest BCUT2D eigenvalue weighted by Crippen LogP contribution is 2.20. The lowest BCUT2D eigenvalue weighted by atomic mass is 9.89. The summed E-state index contributed by atoms with van der Waals surface area (Å²) in [5, 5.41) is 0. The molecule has 0 amide bonds. The monoisotopic (exact) mass is 314 g/mol. The lowest BCUT2D eigenvalue weighted by molar-refractivity contribution is 0.317. The van der Waals surface area contributed by atoms with Crippen LogP contribution in [0.25, 0.3) is 0 Å². The predicted octanol–water partition coefficient (Wildman–Crippen LogP) is 2.17. The number of sulfonamides is 1. The number of nitrogens with two attached hydrogens (primary N) is 1. The summed E-state index contributed by atoms with van der Waals surface area (Å²) in [6.07, 6.45) is 0. The summed E-state index contributed by atoms with van der Waals surface area (Å²) in [6.45, 7) is 7.85. The third-order valence-corrected chi connectivity index (χ3v) is 4.89. The van der Waals surface area contributed by atoms with E-state index in [1.807, 2.05) is 27.7 Å². The molecule has 0 aliphatic carbocycles. The van der Waals surface area contributed by atoms with E-state index in [0.29, 0.717) is 11.1 Å². The molecule has 1 aromatic carbocycles. The molecule has 0 bridgehead atoms. The summed E-state index contributed by atoms with van der Waals surface area (Å²) in [4.78, 5) is 0.264. The SMILES string of the molecule is CC(NS(=O)(=O)Cc1cccc(C(N)=S)c1)C(C)(C)C. The molecule has 0 aromatic heterocycles. The maximum absolute atomic E-state index is 12.2. The molecule has 1 atom stereocenters. The van der Waals surface area contributed by atoms with E-state index in [4.69, 9.17) is 18.0 Å². The van der Waals surface area contributed by atoms with Gasteiger partial charge in [-0.1, -0.05) is 51.2 Å². The Morgan fingerprint density at radius 3 is 2.50 bits per heavy atom. The zero-order valence-electron chi connectivity index (χ0n) is 12.3. The number of rotatable bonds is 5. The van der Waals surface area contributed by atoms with Crippen LogP contribution in [0.1, 0.15) is 38.8 Å². The second kappa shape index (κ2) is 6.20. The molecule has 0 saturated carbocycles. The van der Waals surface area contributed by atoms with Crippen LogP contribution in [0, 0.1) is 5.41 Å². The van der Waals surface area contributed by atoms with Gasteiger partial charge in [-0.25, -0.2) is 13.1 Å². The van der Waals surface area contributed by atoms with Gasteiger partial charge in [-0.05, 0) is 24.0 Å². The summed E-state index contributed by atoms with van der Waals surface area (Å²) < 4.78 is 27.0. The molecule has 1 aromatic rings. The summed E-state index contributed by atoms with van der Waals surface area (Å²) in [6, 6.07) is 6.84. The average molecular weight is 314 g/mol. The number of hydrogen-bond acceptors (Lipinski definition) is 3. The zero-order valence-corrected chi connectivity index (χ0v) is 13.9. The predicted molar refractivity (Wildman–Crippen MR) is 87.0 cm³/mol. The largest absolute Gasteiger partial charge is 0.389 e. The van der Waals surface area contributed by atoms with Crippen molar-refractivity contribution >= 4 is 27.2 Å². The topological polar surface area (TPSA) is 72.2 Å². The number of hydrogen-bond donors (Lipinski definition) is 2. The van der Waals surface area contributed by atoms with Crippen LogP contribution in [-0.2, 0) is 15.8 Å². The van der Waals surface area contributed by atoms with Gasteiger partial charge in [0.05, 0.1) is 5.75 Å². The first-order chi connectivity index (χ1) is 9.01. The third-order valence-electron chi connectivity index (χ3n) is 3.22. The molecule has 0 aliphatic heterocycles. The molecule has 0 radical (unpaired) electrons. The van der Waals surface area contributed by atoms with Crippen molar-refractivity contribution in [3.8, 4) is 0 Å². The first kappa shape index (κ1) is 17.1. The lowest BCUT2D eigenvalue weighted by Gasteiger charge is -2.27. The highest BCUT2D eigenvalue weighted by molar-refractivity contribution is 7.88. The van der Waals surface area contributed by atoms with Gasteiger partial charge in [0.15, 0.2) is 0 Å². The molecule has 0 fully saturated rings. The molecule has 3 N–H and O–H groups in total. The number of benzene rings is 1. The van der Waals surface area contributed by atoms with Crippen LogP contribution in [0.15, 0.2) is 24.3 Å². The van der Waals surface area contributed by atoms with Crippen molar-refractivity contribution in [1.82, 2.24) is 4.72 Å². The highest BCUT2D eigenvalue weighted by Gasteiger charge is 2.24. The Labute approximate surface area is 126 Å². The van der Waals surface area contributed by atoms with Crippen LogP contribution in [0.3, 0.4) is 0 Å². The quantitative estimate of drug-likeness (QED) is 0.817. The van der Waals surface area contributed by atoms with Crippen LogP contribution in [0.5, 0.6) is 0 Å². The normalized spacial score (nSPS) is 14.0. The lowest BCUT2D eigenvalue weighted by Crippen LogP contribution is -2.41. The zero-order chi connectivity index (χ0) is 15.6. The minimum absolute atomic E-state index is 0.0795. The van der Waals surface area contributed by atoms with Crippen LogP contribution >= 0.6 is 12.2 Å². The first-order valence-corrected chi connectivity index (χ1v) is 8.46. The fourth-order valence-electron chi connectivity index (χ4n) is 1.52. The Bertz CT molecular complexity index is 589. The third kappa shape index (κ3) is 5.19. The van der Waals surface area contributed by atoms with Crippen molar-refractivity contribution in [2.45, 2.75) is 39.5 Å². The average Bonchev–Trinajstić information content (AvgIpc) is 2.26. The Morgan fingerprint density at radius 1 is 1.40 bits per heavy atom. The van der Waals surface area contributed by atoms with Crippen molar-refractivity contribution in [3.05, 3.63) is 35.4 Å². The smallest absolute Gasteiger partial charge is 0.216 e. The van der Waals surface area contributed by atoms with Crippen molar-refractivity contribution in [3.63, 3.8) is 0 Å². The van der Waals surface area contributed by atoms with Gasteiger partial charge in [0.1, 0.15) is 4.99 Å². The van der Waals surface area contributed by atoms with E-state index in [1.54, 1.807) is 24.3 Å². The fourth-order valence-corrected chi connectivity index (χ4v) is 3.24. The Balaban J connectivity index is 2.86. The molecular weight excluding hydrogens is 292 g/mol. The molecule has 0 spiro atoms. The van der Waals surface area contributed by atoms with Crippen molar-refractivity contribution in [2.75, 3.05) is 0 Å². The van der Waals surface area contributed by atoms with Crippen LogP contribution in [0.2, 0.25) is 0 Å². The van der Waals surface area contributed by atoms with E-state index in [1.165, 1.54) is 0 Å². The molecule has 0 aliphatic rings. The highest BCUT2D eigenvalue weighted by atomic mass is 32.2. The Kier molecular flexibility index (Phi) is 5.29. The summed E-state index contributed by atoms with van der Waals surface area (Å²) >= 11 is 4.89. The molecule has 0 heterocycles. The van der Waals surface area contributed by atoms with Crippen LogP contribution in [0.4, 0.5) is 0 Å². The van der Waals surface area contributed by atoms with E-state index < -0.39 is 10.0 Å². The van der Waals surface area contributed by atoms with Crippen molar-refractivity contribution in [1.29, 1.82) is 0 Å². The second-order valence-corrected chi connectivity index (χ2v) is 8.22. The van der Waals surface area contributed by atoms with E-state index in [-0.39, 0.29) is 22.2 Å². The molecule has 4 nitrogen and oxygen atoms in total. The molecule has 112 valence electrons. The van der Waals surface area contributed by atoms with Crippen molar-refractivity contribution < 1.29 is 8.42 Å². The van der Waals surface area contributed by atoms with Gasteiger partial charge in [-0.15, -0.1) is 0 Å². The van der Waals surface area contributed by atoms with Crippen molar-refractivity contribution in [2.24, 2.45) is 11.1 Å². The standard InChI is InChI=1S/C14H22N2O2S2/c1-10(14(2,3)4)16-20(17,18)9-11-6-5-7-12(8-11)13(15)19/h5-8,10,16H,9H2,1-4H3,(H2,15,19). The molecule has 6 heteroatoms. The Morgan fingerprint density at radius 2 is 2.00 bits per heavy atom. The van der Waals surface area contributed by atoms with E-state index in [9.17, 15) is 8.42 Å². The first-order valence-electron chi connectivity index (χ1n) is 6.40. The van der Waals surface area contributed by atoms with E-state index >= 15 is 0 Å². The fraction of sp³-hybridized carbons (Fsp3) is 0.500. The summed E-state index contributed by atoms with van der Waals surface area (Å²) in [5.41, 5.74) is 6.77. The van der Waals surface area contributed by atoms with Gasteiger partial charge in [-0.2, -0.15) is 0 Å². The number of thiocarbonyl (C=S) groups is 1. The van der Waals surface area contributed by atoms with Gasteiger partial charge >= 0.3 is 0 Å². The van der Waals surface area contributed by atoms with Gasteiger partial charge < -0.3 is 5.73 Å². The number of nitrogens with one attached hydrogen (secondary N) is 1. The van der Waals surface area contributed by atoms with Gasteiger partial charge in [0.25, 0.3) is 0 Å². The molecule has 1 unspecified atom stereocenters. The maximum Gasteiger partial charge on any atom is 0.216 e. The van der Waals surface area contributed by atoms with Gasteiger partial charge in [0, 0.05) is 11.6 Å². The summed E-state index contributed by atoms with van der Waals surface area (Å²) in [5.74, 6) is -0.0795. The summed E-state index contributed by atoms with van der Waals surface area (Å²) in [7, 11) is -3.39.